The highest BCUT2D eigenvalue weighted by Crippen LogP contribution is 2.23. The molecule has 0 aliphatic heterocycles. The molecule has 0 bridgehead atoms. The second-order valence-electron chi connectivity index (χ2n) is 3.22. The molecule has 0 saturated heterocycles. The minimum absolute atomic E-state index is 0.633. The van der Waals surface area contributed by atoms with Crippen molar-refractivity contribution in [2.45, 2.75) is 12.8 Å². The van der Waals surface area contributed by atoms with Crippen LogP contribution >= 0.6 is 15.9 Å². The van der Waals surface area contributed by atoms with Crippen LogP contribution in [0.15, 0.2) is 35.3 Å². The molecule has 0 radical (unpaired) electrons. The number of ether oxygens (including phenoxy) is 1. The van der Waals surface area contributed by atoms with Crippen LogP contribution in [-0.4, -0.2) is 13.2 Å². The van der Waals surface area contributed by atoms with Crippen LogP contribution in [0.2, 0.25) is 0 Å². The van der Waals surface area contributed by atoms with Crippen LogP contribution in [0.25, 0.3) is 0 Å². The minimum Gasteiger partial charge on any atom is -0.493 e. The Kier molecular flexibility index (Phi) is 5.43. The van der Waals surface area contributed by atoms with Gasteiger partial charge in [-0.1, -0.05) is 22.0 Å². The Labute approximate surface area is 99.3 Å². The Morgan fingerprint density at radius 2 is 2.27 bits per heavy atom. The molecule has 0 amide bonds. The third kappa shape index (κ3) is 4.06. The van der Waals surface area contributed by atoms with E-state index in [2.05, 4.69) is 28.6 Å². The molecule has 2 nitrogen and oxygen atoms in total. The average Bonchev–Trinajstić information content (AvgIpc) is 2.22. The van der Waals surface area contributed by atoms with Gasteiger partial charge in [-0.3, -0.25) is 0 Å². The highest BCUT2D eigenvalue weighted by atomic mass is 79.9. The molecule has 82 valence electrons. The zero-order valence-corrected chi connectivity index (χ0v) is 10.3. The van der Waals surface area contributed by atoms with E-state index in [0.29, 0.717) is 13.2 Å². The minimum atomic E-state index is 0.633. The van der Waals surface area contributed by atoms with Gasteiger partial charge < -0.3 is 10.5 Å². The van der Waals surface area contributed by atoms with Crippen molar-refractivity contribution in [3.05, 3.63) is 40.9 Å². The van der Waals surface area contributed by atoms with Gasteiger partial charge in [0.25, 0.3) is 0 Å². The largest absolute Gasteiger partial charge is 0.493 e. The highest BCUT2D eigenvalue weighted by molar-refractivity contribution is 9.10. The number of nitrogens with two attached hydrogens (primary N) is 1. The first-order chi connectivity index (χ1) is 7.27. The van der Waals surface area contributed by atoms with E-state index < -0.39 is 0 Å². The Hall–Kier alpha value is -0.800. The van der Waals surface area contributed by atoms with Crippen LogP contribution in [0.5, 0.6) is 5.75 Å². The fourth-order valence-electron chi connectivity index (χ4n) is 1.29. The molecule has 0 heterocycles. The molecule has 3 heteroatoms. The maximum absolute atomic E-state index is 5.64. The molecule has 0 aliphatic carbocycles. The first-order valence-corrected chi connectivity index (χ1v) is 5.79. The van der Waals surface area contributed by atoms with E-state index in [0.717, 1.165) is 28.6 Å². The first-order valence-electron chi connectivity index (χ1n) is 5.00. The van der Waals surface area contributed by atoms with Crippen molar-refractivity contribution >= 4 is 15.9 Å². The smallest absolute Gasteiger partial charge is 0.122 e. The molecule has 0 spiro atoms. The van der Waals surface area contributed by atoms with Gasteiger partial charge in [0.1, 0.15) is 5.75 Å². The van der Waals surface area contributed by atoms with E-state index in [1.807, 2.05) is 18.2 Å². The molecule has 2 N–H and O–H groups in total. The maximum Gasteiger partial charge on any atom is 0.122 e. The zero-order valence-electron chi connectivity index (χ0n) is 8.71. The van der Waals surface area contributed by atoms with Crippen molar-refractivity contribution in [3.8, 4) is 5.75 Å². The van der Waals surface area contributed by atoms with Gasteiger partial charge >= 0.3 is 0 Å². The molecule has 0 saturated carbocycles. The van der Waals surface area contributed by atoms with Crippen LogP contribution in [0.3, 0.4) is 0 Å². The average molecular weight is 270 g/mol. The summed E-state index contributed by atoms with van der Waals surface area (Å²) in [5.41, 5.74) is 6.70. The summed E-state index contributed by atoms with van der Waals surface area (Å²) < 4.78 is 6.69. The Bertz CT molecular complexity index is 325. The predicted molar refractivity (Wildman–Crippen MR) is 67.2 cm³/mol. The van der Waals surface area contributed by atoms with Crippen molar-refractivity contribution in [3.63, 3.8) is 0 Å². The molecule has 0 aliphatic rings. The summed E-state index contributed by atoms with van der Waals surface area (Å²) in [6.45, 7) is 4.96. The van der Waals surface area contributed by atoms with Crippen molar-refractivity contribution in [1.29, 1.82) is 0 Å². The van der Waals surface area contributed by atoms with Crippen molar-refractivity contribution in [2.24, 2.45) is 5.73 Å². The van der Waals surface area contributed by atoms with E-state index in [-0.39, 0.29) is 0 Å². The van der Waals surface area contributed by atoms with E-state index in [9.17, 15) is 0 Å². The molecule has 15 heavy (non-hydrogen) atoms. The number of hydrogen-bond donors (Lipinski definition) is 1. The third-order valence-electron chi connectivity index (χ3n) is 2.02. The number of halogens is 1. The summed E-state index contributed by atoms with van der Waals surface area (Å²) in [6, 6.07) is 6.00. The molecule has 1 aromatic carbocycles. The summed E-state index contributed by atoms with van der Waals surface area (Å²) >= 11 is 3.44. The topological polar surface area (TPSA) is 35.2 Å². The lowest BCUT2D eigenvalue weighted by atomic mass is 10.1. The van der Waals surface area contributed by atoms with Gasteiger partial charge in [0.15, 0.2) is 0 Å². The third-order valence-corrected chi connectivity index (χ3v) is 2.51. The molecule has 0 atom stereocenters. The molecule has 0 aromatic heterocycles. The molecule has 1 rings (SSSR count). The standard InChI is InChI=1S/C12H16BrNO/c1-2-3-8-15-12-5-4-11(13)9-10(12)6-7-14/h2,4-5,9H,1,3,6-8,14H2. The number of benzene rings is 1. The van der Waals surface area contributed by atoms with Gasteiger partial charge in [0.2, 0.25) is 0 Å². The van der Waals surface area contributed by atoms with E-state index in [1.165, 1.54) is 0 Å². The van der Waals surface area contributed by atoms with Crippen LogP contribution in [0.4, 0.5) is 0 Å². The Morgan fingerprint density at radius 1 is 1.47 bits per heavy atom. The summed E-state index contributed by atoms with van der Waals surface area (Å²) in [7, 11) is 0. The quantitative estimate of drug-likeness (QED) is 0.637. The second kappa shape index (κ2) is 6.64. The lowest BCUT2D eigenvalue weighted by Crippen LogP contribution is -2.06. The zero-order chi connectivity index (χ0) is 11.1. The summed E-state index contributed by atoms with van der Waals surface area (Å²) in [5, 5.41) is 0. The number of hydrogen-bond acceptors (Lipinski definition) is 2. The SMILES string of the molecule is C=CCCOc1ccc(Br)cc1CCN. The fraction of sp³-hybridized carbons (Fsp3) is 0.333. The number of rotatable bonds is 6. The summed E-state index contributed by atoms with van der Waals surface area (Å²) in [6.07, 6.45) is 3.54. The van der Waals surface area contributed by atoms with Gasteiger partial charge in [-0.25, -0.2) is 0 Å². The van der Waals surface area contributed by atoms with E-state index in [4.69, 9.17) is 10.5 Å². The van der Waals surface area contributed by atoms with E-state index in [1.54, 1.807) is 0 Å². The van der Waals surface area contributed by atoms with Gasteiger partial charge in [0, 0.05) is 4.47 Å². The van der Waals surface area contributed by atoms with Crippen molar-refractivity contribution in [2.75, 3.05) is 13.2 Å². The molecular formula is C12H16BrNO. The van der Waals surface area contributed by atoms with Gasteiger partial charge in [-0.15, -0.1) is 6.58 Å². The van der Waals surface area contributed by atoms with Crippen LogP contribution in [0, 0.1) is 0 Å². The first kappa shape index (κ1) is 12.3. The molecular weight excluding hydrogens is 254 g/mol. The van der Waals surface area contributed by atoms with E-state index >= 15 is 0 Å². The fourth-order valence-corrected chi connectivity index (χ4v) is 1.70. The van der Waals surface area contributed by atoms with Crippen LogP contribution < -0.4 is 10.5 Å². The highest BCUT2D eigenvalue weighted by Gasteiger charge is 2.03. The maximum atomic E-state index is 5.64. The molecule has 0 unspecified atom stereocenters. The predicted octanol–water partition coefficient (Wildman–Crippen LogP) is 2.91. The summed E-state index contributed by atoms with van der Waals surface area (Å²) in [5.74, 6) is 0.922. The van der Waals surface area contributed by atoms with Gasteiger partial charge in [-0.2, -0.15) is 0 Å². The molecule has 1 aromatic rings. The van der Waals surface area contributed by atoms with Crippen molar-refractivity contribution in [1.82, 2.24) is 0 Å². The van der Waals surface area contributed by atoms with Gasteiger partial charge in [-0.05, 0) is 43.1 Å². The van der Waals surface area contributed by atoms with Crippen LogP contribution in [-0.2, 0) is 6.42 Å². The Balaban J connectivity index is 2.71. The lowest BCUT2D eigenvalue weighted by Gasteiger charge is -2.10. The second-order valence-corrected chi connectivity index (χ2v) is 4.13. The van der Waals surface area contributed by atoms with Gasteiger partial charge in [0.05, 0.1) is 6.61 Å². The summed E-state index contributed by atoms with van der Waals surface area (Å²) in [4.78, 5) is 0. The lowest BCUT2D eigenvalue weighted by molar-refractivity contribution is 0.321. The van der Waals surface area contributed by atoms with Crippen LogP contribution in [0.1, 0.15) is 12.0 Å². The Morgan fingerprint density at radius 3 is 2.93 bits per heavy atom. The molecule has 0 fully saturated rings. The monoisotopic (exact) mass is 269 g/mol. The van der Waals surface area contributed by atoms with Crippen molar-refractivity contribution < 1.29 is 4.74 Å². The normalized spacial score (nSPS) is 10.0.